The fourth-order valence-corrected chi connectivity index (χ4v) is 2.37. The van der Waals surface area contributed by atoms with E-state index in [9.17, 15) is 9.59 Å². The first-order valence-corrected chi connectivity index (χ1v) is 6.34. The summed E-state index contributed by atoms with van der Waals surface area (Å²) in [6.07, 6.45) is 0.193. The van der Waals surface area contributed by atoms with E-state index in [-0.39, 0.29) is 24.2 Å². The number of hydrogen-bond donors (Lipinski definition) is 0. The maximum atomic E-state index is 12.5. The highest BCUT2D eigenvalue weighted by Crippen LogP contribution is 2.23. The number of nitrogens with zero attached hydrogens (tertiary/aromatic N) is 3. The molecule has 0 fully saturated rings. The predicted molar refractivity (Wildman–Crippen MR) is 73.5 cm³/mol. The van der Waals surface area contributed by atoms with Crippen LogP contribution in [-0.2, 0) is 11.2 Å². The van der Waals surface area contributed by atoms with Crippen LogP contribution in [0.15, 0.2) is 30.3 Å². The number of hydrogen-bond acceptors (Lipinski definition) is 4. The summed E-state index contributed by atoms with van der Waals surface area (Å²) in [5.74, 6) is -0.493. The highest BCUT2D eigenvalue weighted by atomic mass is 16.2. The van der Waals surface area contributed by atoms with Crippen molar-refractivity contribution in [2.75, 3.05) is 4.90 Å². The molecule has 0 spiro atoms. The number of imide groups is 1. The lowest BCUT2D eigenvalue weighted by Crippen LogP contribution is -2.43. The molecule has 0 bridgehead atoms. The molecule has 0 unspecified atom stereocenters. The minimum Gasteiger partial charge on any atom is -0.274 e. The standard InChI is InChI=1S/C15H13N3O2/c1-9-7-10(2)17-15(16-9)18-13(19)8-11-5-3-4-6-12(11)14(18)20/h3-7H,8H2,1-2H3. The molecule has 0 atom stereocenters. The van der Waals surface area contributed by atoms with Gasteiger partial charge in [-0.2, -0.15) is 0 Å². The molecule has 100 valence electrons. The van der Waals surface area contributed by atoms with Crippen molar-refractivity contribution < 1.29 is 9.59 Å². The van der Waals surface area contributed by atoms with Gasteiger partial charge in [0, 0.05) is 17.0 Å². The minimum absolute atomic E-state index is 0.159. The van der Waals surface area contributed by atoms with Crippen LogP contribution in [-0.4, -0.2) is 21.8 Å². The number of fused-ring (bicyclic) bond motifs is 1. The van der Waals surface area contributed by atoms with Gasteiger partial charge in [-0.15, -0.1) is 0 Å². The lowest BCUT2D eigenvalue weighted by molar-refractivity contribution is -0.117. The Balaban J connectivity index is 2.11. The third-order valence-electron chi connectivity index (χ3n) is 3.21. The summed E-state index contributed by atoms with van der Waals surface area (Å²) in [4.78, 5) is 34.2. The quantitative estimate of drug-likeness (QED) is 0.739. The van der Waals surface area contributed by atoms with Crippen molar-refractivity contribution in [1.82, 2.24) is 9.97 Å². The molecule has 1 aliphatic rings. The van der Waals surface area contributed by atoms with Crippen molar-refractivity contribution in [3.63, 3.8) is 0 Å². The molecule has 5 nitrogen and oxygen atoms in total. The zero-order chi connectivity index (χ0) is 14.3. The zero-order valence-electron chi connectivity index (χ0n) is 11.3. The van der Waals surface area contributed by atoms with Crippen molar-refractivity contribution in [3.05, 3.63) is 52.8 Å². The molecule has 2 amide bonds. The maximum absolute atomic E-state index is 12.5. The van der Waals surface area contributed by atoms with Gasteiger partial charge >= 0.3 is 0 Å². The first-order chi connectivity index (χ1) is 9.56. The Hall–Kier alpha value is -2.56. The van der Waals surface area contributed by atoms with E-state index in [0.717, 1.165) is 21.9 Å². The van der Waals surface area contributed by atoms with E-state index >= 15 is 0 Å². The van der Waals surface area contributed by atoms with Crippen molar-refractivity contribution in [3.8, 4) is 0 Å². The Morgan fingerprint density at radius 2 is 1.70 bits per heavy atom. The van der Waals surface area contributed by atoms with Gasteiger partial charge < -0.3 is 0 Å². The van der Waals surface area contributed by atoms with Gasteiger partial charge in [-0.25, -0.2) is 14.9 Å². The van der Waals surface area contributed by atoms with E-state index in [4.69, 9.17) is 0 Å². The number of anilines is 1. The molecule has 20 heavy (non-hydrogen) atoms. The van der Waals surface area contributed by atoms with Crippen LogP contribution in [0, 0.1) is 13.8 Å². The molecule has 3 rings (SSSR count). The predicted octanol–water partition coefficient (Wildman–Crippen LogP) is 1.82. The van der Waals surface area contributed by atoms with Crippen LogP contribution in [0.1, 0.15) is 27.3 Å². The molecule has 0 radical (unpaired) electrons. The SMILES string of the molecule is Cc1cc(C)nc(N2C(=O)Cc3ccccc3C2=O)n1. The van der Waals surface area contributed by atoms with Gasteiger partial charge in [-0.3, -0.25) is 9.59 Å². The number of amides is 2. The molecule has 2 heterocycles. The first kappa shape index (κ1) is 12.5. The summed E-state index contributed by atoms with van der Waals surface area (Å²) in [6, 6.07) is 8.93. The maximum Gasteiger partial charge on any atom is 0.267 e. The Kier molecular flexibility index (Phi) is 2.82. The molecule has 1 aromatic carbocycles. The highest BCUT2D eigenvalue weighted by Gasteiger charge is 2.33. The second kappa shape index (κ2) is 4.52. The van der Waals surface area contributed by atoms with E-state index in [1.54, 1.807) is 24.3 Å². The summed E-state index contributed by atoms with van der Waals surface area (Å²) < 4.78 is 0. The van der Waals surface area contributed by atoms with Gasteiger partial charge in [-0.1, -0.05) is 18.2 Å². The van der Waals surface area contributed by atoms with Crippen LogP contribution >= 0.6 is 0 Å². The van der Waals surface area contributed by atoms with Crippen molar-refractivity contribution in [1.29, 1.82) is 0 Å². The Morgan fingerprint density at radius 1 is 1.05 bits per heavy atom. The fraction of sp³-hybridized carbons (Fsp3) is 0.200. The Labute approximate surface area is 116 Å². The van der Waals surface area contributed by atoms with E-state index < -0.39 is 0 Å². The Bertz CT molecular complexity index is 705. The molecular weight excluding hydrogens is 254 g/mol. The molecule has 1 aliphatic heterocycles. The van der Waals surface area contributed by atoms with Crippen LogP contribution in [0.3, 0.4) is 0 Å². The topological polar surface area (TPSA) is 63.2 Å². The van der Waals surface area contributed by atoms with Gasteiger partial charge in [-0.05, 0) is 31.5 Å². The molecule has 5 heteroatoms. The van der Waals surface area contributed by atoms with Crippen LogP contribution in [0.5, 0.6) is 0 Å². The third-order valence-corrected chi connectivity index (χ3v) is 3.21. The average molecular weight is 267 g/mol. The van der Waals surface area contributed by atoms with Crippen molar-refractivity contribution in [2.45, 2.75) is 20.3 Å². The summed E-state index contributed by atoms with van der Waals surface area (Å²) in [7, 11) is 0. The average Bonchev–Trinajstić information content (AvgIpc) is 2.37. The van der Waals surface area contributed by atoms with E-state index in [1.807, 2.05) is 19.9 Å². The lowest BCUT2D eigenvalue weighted by Gasteiger charge is -2.25. The molecule has 0 saturated carbocycles. The normalized spacial score (nSPS) is 14.4. The smallest absolute Gasteiger partial charge is 0.267 e. The van der Waals surface area contributed by atoms with Crippen LogP contribution in [0.2, 0.25) is 0 Å². The lowest BCUT2D eigenvalue weighted by atomic mass is 9.99. The van der Waals surface area contributed by atoms with Gasteiger partial charge in [0.1, 0.15) is 0 Å². The van der Waals surface area contributed by atoms with E-state index in [0.29, 0.717) is 5.56 Å². The molecule has 2 aromatic rings. The molecular formula is C15H13N3O2. The molecule has 0 saturated heterocycles. The number of aryl methyl sites for hydroxylation is 2. The highest BCUT2D eigenvalue weighted by molar-refractivity contribution is 6.23. The largest absolute Gasteiger partial charge is 0.274 e. The van der Waals surface area contributed by atoms with E-state index in [1.165, 1.54) is 0 Å². The fourth-order valence-electron chi connectivity index (χ4n) is 2.37. The number of carbonyl (C=O) groups excluding carboxylic acids is 2. The summed E-state index contributed by atoms with van der Waals surface area (Å²) >= 11 is 0. The zero-order valence-corrected chi connectivity index (χ0v) is 11.3. The van der Waals surface area contributed by atoms with Crippen molar-refractivity contribution in [2.24, 2.45) is 0 Å². The number of benzene rings is 1. The summed E-state index contributed by atoms with van der Waals surface area (Å²) in [6.45, 7) is 3.62. The number of carbonyl (C=O) groups is 2. The monoisotopic (exact) mass is 267 g/mol. The summed E-state index contributed by atoms with van der Waals surface area (Å²) in [5.41, 5.74) is 2.75. The summed E-state index contributed by atoms with van der Waals surface area (Å²) in [5, 5.41) is 0. The number of aromatic nitrogens is 2. The third kappa shape index (κ3) is 1.97. The van der Waals surface area contributed by atoms with Gasteiger partial charge in [0.2, 0.25) is 11.9 Å². The minimum atomic E-state index is -0.359. The molecule has 1 aromatic heterocycles. The second-order valence-electron chi connectivity index (χ2n) is 4.82. The van der Waals surface area contributed by atoms with Gasteiger partial charge in [0.15, 0.2) is 0 Å². The van der Waals surface area contributed by atoms with Crippen LogP contribution in [0.4, 0.5) is 5.95 Å². The second-order valence-corrected chi connectivity index (χ2v) is 4.82. The van der Waals surface area contributed by atoms with Gasteiger partial charge in [0.05, 0.1) is 6.42 Å². The van der Waals surface area contributed by atoms with Crippen molar-refractivity contribution >= 4 is 17.8 Å². The first-order valence-electron chi connectivity index (χ1n) is 6.34. The molecule has 0 N–H and O–H groups in total. The van der Waals surface area contributed by atoms with Gasteiger partial charge in [0.25, 0.3) is 5.91 Å². The molecule has 0 aliphatic carbocycles. The van der Waals surface area contributed by atoms with Crippen LogP contribution in [0.25, 0.3) is 0 Å². The number of rotatable bonds is 1. The Morgan fingerprint density at radius 3 is 2.40 bits per heavy atom. The van der Waals surface area contributed by atoms with Crippen LogP contribution < -0.4 is 4.90 Å². The van der Waals surface area contributed by atoms with E-state index in [2.05, 4.69) is 9.97 Å².